The van der Waals surface area contributed by atoms with Crippen molar-refractivity contribution in [3.63, 3.8) is 0 Å². The average Bonchev–Trinajstić information content (AvgIpc) is 2.74. The van der Waals surface area contributed by atoms with Crippen molar-refractivity contribution in [1.82, 2.24) is 24.7 Å². The van der Waals surface area contributed by atoms with Gasteiger partial charge in [0.05, 0.1) is 12.8 Å². The number of aromatic nitrogens is 5. The summed E-state index contributed by atoms with van der Waals surface area (Å²) in [5.41, 5.74) is 6.11. The van der Waals surface area contributed by atoms with Gasteiger partial charge in [-0.25, -0.2) is 9.48 Å². The number of benzene rings is 1. The zero-order chi connectivity index (χ0) is 21.5. The summed E-state index contributed by atoms with van der Waals surface area (Å²) >= 11 is 0. The van der Waals surface area contributed by atoms with E-state index >= 15 is 0 Å². The third kappa shape index (κ3) is 5.07. The Morgan fingerprint density at radius 1 is 1.17 bits per heavy atom. The van der Waals surface area contributed by atoms with E-state index < -0.39 is 5.97 Å². The molecule has 156 valence electrons. The number of methoxy groups -OCH3 is 1. The number of carbonyl (C=O) groups is 1. The molecule has 1 aromatic carbocycles. The Morgan fingerprint density at radius 2 is 1.97 bits per heavy atom. The van der Waals surface area contributed by atoms with Crippen LogP contribution in [0.5, 0.6) is 5.75 Å². The van der Waals surface area contributed by atoms with E-state index in [1.807, 2.05) is 19.1 Å². The monoisotopic (exact) mass is 411 g/mol. The van der Waals surface area contributed by atoms with Crippen LogP contribution in [0.4, 0.5) is 17.6 Å². The molecule has 3 N–H and O–H groups in total. The number of nitrogens with zero attached hydrogens (tertiary/aromatic N) is 5. The molecule has 0 aliphatic rings. The third-order valence-corrected chi connectivity index (χ3v) is 3.90. The van der Waals surface area contributed by atoms with Crippen LogP contribution >= 0.6 is 0 Å². The molecule has 3 rings (SSSR count). The van der Waals surface area contributed by atoms with E-state index in [0.717, 1.165) is 0 Å². The highest BCUT2D eigenvalue weighted by Crippen LogP contribution is 2.25. The number of esters is 1. The smallest absolute Gasteiger partial charge is 0.359 e. The molecule has 0 saturated carbocycles. The topological polar surface area (TPSA) is 147 Å². The largest absolute Gasteiger partial charge is 0.495 e. The van der Waals surface area contributed by atoms with Gasteiger partial charge in [-0.2, -0.15) is 20.1 Å². The van der Waals surface area contributed by atoms with Crippen molar-refractivity contribution in [2.24, 2.45) is 0 Å². The Balaban J connectivity index is 1.72. The predicted octanol–water partition coefficient (Wildman–Crippen LogP) is 1.53. The number of nitrogen functional groups attached to an aromatic ring is 1. The second kappa shape index (κ2) is 9.45. The van der Waals surface area contributed by atoms with Gasteiger partial charge in [-0.3, -0.25) is 4.79 Å². The molecule has 0 radical (unpaired) electrons. The second-order valence-corrected chi connectivity index (χ2v) is 6.11. The van der Waals surface area contributed by atoms with Gasteiger partial charge in [0.2, 0.25) is 11.9 Å². The molecule has 30 heavy (non-hydrogen) atoms. The van der Waals surface area contributed by atoms with Crippen LogP contribution < -0.4 is 21.3 Å². The summed E-state index contributed by atoms with van der Waals surface area (Å²) in [5, 5.41) is 7.00. The predicted molar refractivity (Wildman–Crippen MR) is 108 cm³/mol. The van der Waals surface area contributed by atoms with Crippen LogP contribution in [0, 0.1) is 0 Å². The maximum absolute atomic E-state index is 12.3. The summed E-state index contributed by atoms with van der Waals surface area (Å²) in [6, 6.07) is 9.80. The maximum Gasteiger partial charge on any atom is 0.359 e. The first-order valence-electron chi connectivity index (χ1n) is 9.16. The van der Waals surface area contributed by atoms with Crippen LogP contribution in [-0.4, -0.2) is 37.8 Å². The van der Waals surface area contributed by atoms with Gasteiger partial charge < -0.3 is 20.5 Å². The molecule has 2 aromatic heterocycles. The van der Waals surface area contributed by atoms with Crippen molar-refractivity contribution >= 4 is 23.6 Å². The fraction of sp³-hybridized carbons (Fsp3) is 0.263. The molecule has 0 fully saturated rings. The van der Waals surface area contributed by atoms with Crippen molar-refractivity contribution in [2.75, 3.05) is 18.2 Å². The highest BCUT2D eigenvalue weighted by molar-refractivity contribution is 5.86. The minimum Gasteiger partial charge on any atom is -0.495 e. The van der Waals surface area contributed by atoms with Crippen molar-refractivity contribution in [3.05, 3.63) is 58.3 Å². The molecule has 3 aromatic rings. The van der Waals surface area contributed by atoms with E-state index in [4.69, 9.17) is 15.2 Å². The number of para-hydroxylation sites is 2. The molecule has 0 aliphatic heterocycles. The molecule has 0 aliphatic carbocycles. The maximum atomic E-state index is 12.3. The van der Waals surface area contributed by atoms with Crippen LogP contribution in [0.1, 0.15) is 29.7 Å². The van der Waals surface area contributed by atoms with Gasteiger partial charge in [0.15, 0.2) is 18.1 Å². The summed E-state index contributed by atoms with van der Waals surface area (Å²) in [6.45, 7) is 2.06. The zero-order valence-corrected chi connectivity index (χ0v) is 16.5. The lowest BCUT2D eigenvalue weighted by Crippen LogP contribution is -2.24. The van der Waals surface area contributed by atoms with Crippen molar-refractivity contribution in [3.8, 4) is 5.75 Å². The number of aryl methyl sites for hydroxylation is 1. The van der Waals surface area contributed by atoms with Crippen LogP contribution in [0.15, 0.2) is 41.2 Å². The van der Waals surface area contributed by atoms with Crippen LogP contribution in [-0.2, 0) is 17.9 Å². The van der Waals surface area contributed by atoms with E-state index in [-0.39, 0.29) is 35.6 Å². The minimum atomic E-state index is -0.710. The Hall–Kier alpha value is -4.02. The molecular weight excluding hydrogens is 390 g/mol. The Labute approximate surface area is 171 Å². The number of hydrogen-bond donors (Lipinski definition) is 2. The fourth-order valence-electron chi connectivity index (χ4n) is 2.56. The molecule has 0 spiro atoms. The summed E-state index contributed by atoms with van der Waals surface area (Å²) in [7, 11) is 1.55. The van der Waals surface area contributed by atoms with Gasteiger partial charge >= 0.3 is 5.97 Å². The quantitative estimate of drug-likeness (QED) is 0.523. The Kier molecular flexibility index (Phi) is 6.53. The summed E-state index contributed by atoms with van der Waals surface area (Å²) < 4.78 is 11.7. The standard InChI is InChI=1S/C19H21N7O4/c1-3-10-26-16(27)9-8-13(25-26)17(28)30-11-15-22-18(20)24-19(23-15)21-12-6-4-5-7-14(12)29-2/h4-9H,3,10-11H2,1-2H3,(H3,20,21,22,23,24). The molecule has 2 heterocycles. The van der Waals surface area contributed by atoms with Gasteiger partial charge in [-0.15, -0.1) is 0 Å². The molecule has 0 saturated heterocycles. The van der Waals surface area contributed by atoms with Crippen LogP contribution in [0.25, 0.3) is 0 Å². The molecule has 0 unspecified atom stereocenters. The first-order valence-corrected chi connectivity index (χ1v) is 9.16. The van der Waals surface area contributed by atoms with E-state index in [9.17, 15) is 9.59 Å². The van der Waals surface area contributed by atoms with Gasteiger partial charge in [-0.05, 0) is 24.6 Å². The number of anilines is 3. The lowest BCUT2D eigenvalue weighted by molar-refractivity contribution is 0.0452. The highest BCUT2D eigenvalue weighted by atomic mass is 16.5. The average molecular weight is 411 g/mol. The molecule has 0 amide bonds. The van der Waals surface area contributed by atoms with Crippen molar-refractivity contribution in [1.29, 1.82) is 0 Å². The third-order valence-electron chi connectivity index (χ3n) is 3.90. The minimum absolute atomic E-state index is 0.0115. The first kappa shape index (κ1) is 20.7. The van der Waals surface area contributed by atoms with Gasteiger partial charge in [0, 0.05) is 12.6 Å². The van der Waals surface area contributed by atoms with Gasteiger partial charge in [0.1, 0.15) is 5.75 Å². The van der Waals surface area contributed by atoms with Gasteiger partial charge in [-0.1, -0.05) is 19.1 Å². The molecular formula is C19H21N7O4. The van der Waals surface area contributed by atoms with E-state index in [1.54, 1.807) is 19.2 Å². The highest BCUT2D eigenvalue weighted by Gasteiger charge is 2.14. The summed E-state index contributed by atoms with van der Waals surface area (Å²) in [5.74, 6) is 0.168. The summed E-state index contributed by atoms with van der Waals surface area (Å²) in [4.78, 5) is 36.2. The van der Waals surface area contributed by atoms with Crippen molar-refractivity contribution in [2.45, 2.75) is 26.5 Å². The lowest BCUT2D eigenvalue weighted by atomic mass is 10.3. The number of hydrogen-bond acceptors (Lipinski definition) is 10. The van der Waals surface area contributed by atoms with E-state index in [0.29, 0.717) is 24.4 Å². The van der Waals surface area contributed by atoms with E-state index in [1.165, 1.54) is 16.8 Å². The lowest BCUT2D eigenvalue weighted by Gasteiger charge is -2.11. The van der Waals surface area contributed by atoms with Gasteiger partial charge in [0.25, 0.3) is 5.56 Å². The first-order chi connectivity index (χ1) is 14.5. The number of nitrogens with two attached hydrogens (primary N) is 1. The Morgan fingerprint density at radius 3 is 2.73 bits per heavy atom. The normalized spacial score (nSPS) is 10.5. The second-order valence-electron chi connectivity index (χ2n) is 6.11. The van der Waals surface area contributed by atoms with Crippen LogP contribution in [0.2, 0.25) is 0 Å². The molecule has 0 atom stereocenters. The number of carbonyl (C=O) groups excluding carboxylic acids is 1. The van der Waals surface area contributed by atoms with E-state index in [2.05, 4.69) is 25.4 Å². The fourth-order valence-corrected chi connectivity index (χ4v) is 2.56. The SMILES string of the molecule is CCCn1nc(C(=O)OCc2nc(N)nc(Nc3ccccc3OC)n2)ccc1=O. The zero-order valence-electron chi connectivity index (χ0n) is 16.5. The molecule has 11 heteroatoms. The number of ether oxygens (including phenoxy) is 2. The summed E-state index contributed by atoms with van der Waals surface area (Å²) in [6.07, 6.45) is 0.706. The van der Waals surface area contributed by atoms with Crippen LogP contribution in [0.3, 0.4) is 0 Å². The number of nitrogens with one attached hydrogen (secondary N) is 1. The molecule has 0 bridgehead atoms. The number of rotatable bonds is 8. The van der Waals surface area contributed by atoms with Crippen molar-refractivity contribution < 1.29 is 14.3 Å². The Bertz CT molecular complexity index is 1100. The molecule has 11 nitrogen and oxygen atoms in total.